The predicted molar refractivity (Wildman–Crippen MR) is 104 cm³/mol. The van der Waals surface area contributed by atoms with Gasteiger partial charge in [0.2, 0.25) is 0 Å². The Labute approximate surface area is 160 Å². The molecular weight excluding hydrogens is 347 g/mol. The normalized spacial score (nSPS) is 12.4. The summed E-state index contributed by atoms with van der Waals surface area (Å²) < 4.78 is 25.8. The van der Waals surface area contributed by atoms with Crippen molar-refractivity contribution in [1.82, 2.24) is 9.47 Å². The molecular formula is C21H29FN2O3. The van der Waals surface area contributed by atoms with Gasteiger partial charge in [-0.2, -0.15) is 0 Å². The third kappa shape index (κ3) is 7.64. The lowest BCUT2D eigenvalue weighted by Crippen LogP contribution is -2.37. The van der Waals surface area contributed by atoms with Crippen molar-refractivity contribution in [3.63, 3.8) is 0 Å². The third-order valence-electron chi connectivity index (χ3n) is 4.20. The van der Waals surface area contributed by atoms with Gasteiger partial charge in [-0.25, -0.2) is 4.39 Å². The van der Waals surface area contributed by atoms with Crippen LogP contribution in [0, 0.1) is 5.82 Å². The summed E-state index contributed by atoms with van der Waals surface area (Å²) in [5, 5.41) is 10.2. The van der Waals surface area contributed by atoms with Crippen LogP contribution in [0.2, 0.25) is 0 Å². The Morgan fingerprint density at radius 3 is 2.78 bits per heavy atom. The molecule has 0 spiro atoms. The quantitative estimate of drug-likeness (QED) is 0.431. The van der Waals surface area contributed by atoms with Crippen molar-refractivity contribution < 1.29 is 19.0 Å². The molecule has 1 aromatic heterocycles. The lowest BCUT2D eigenvalue weighted by Gasteiger charge is -2.25. The molecule has 1 N–H and O–H groups in total. The van der Waals surface area contributed by atoms with Crippen LogP contribution in [-0.2, 0) is 22.6 Å². The number of ether oxygens (including phenoxy) is 2. The highest BCUT2D eigenvalue weighted by Gasteiger charge is 2.14. The van der Waals surface area contributed by atoms with Crippen molar-refractivity contribution in [3.05, 3.63) is 72.3 Å². The van der Waals surface area contributed by atoms with E-state index < -0.39 is 6.10 Å². The number of hydrogen-bond acceptors (Lipinski definition) is 4. The number of methoxy groups -OCH3 is 1. The van der Waals surface area contributed by atoms with Gasteiger partial charge in [-0.1, -0.05) is 18.2 Å². The van der Waals surface area contributed by atoms with Crippen molar-refractivity contribution in [1.29, 1.82) is 0 Å². The molecule has 1 unspecified atom stereocenters. The van der Waals surface area contributed by atoms with Gasteiger partial charge in [0.1, 0.15) is 5.82 Å². The largest absolute Gasteiger partial charge is 0.389 e. The highest BCUT2D eigenvalue weighted by atomic mass is 19.1. The molecule has 0 bridgehead atoms. The van der Waals surface area contributed by atoms with Crippen molar-refractivity contribution in [3.8, 4) is 0 Å². The summed E-state index contributed by atoms with van der Waals surface area (Å²) in [5.74, 6) is -0.232. The third-order valence-corrected chi connectivity index (χ3v) is 4.20. The van der Waals surface area contributed by atoms with Crippen molar-refractivity contribution in [2.45, 2.75) is 19.2 Å². The summed E-state index contributed by atoms with van der Waals surface area (Å²) >= 11 is 0. The van der Waals surface area contributed by atoms with Crippen LogP contribution in [0.15, 0.2) is 55.3 Å². The van der Waals surface area contributed by atoms with Gasteiger partial charge >= 0.3 is 0 Å². The zero-order valence-corrected chi connectivity index (χ0v) is 15.9. The standard InChI is InChI=1S/C21H29FN2O3/c1-3-12-27-17-21(25)16-23(11-13-26-2)15-20-5-4-10-24(20)14-18-6-8-19(22)9-7-18/h3-10,21,25H,1,11-17H2,2H3. The zero-order valence-electron chi connectivity index (χ0n) is 15.9. The number of rotatable bonds is 13. The Hall–Kier alpha value is -1.99. The molecule has 1 aromatic carbocycles. The fourth-order valence-corrected chi connectivity index (χ4v) is 2.86. The maximum absolute atomic E-state index is 13.1. The molecule has 0 saturated heterocycles. The minimum atomic E-state index is -0.581. The predicted octanol–water partition coefficient (Wildman–Crippen LogP) is 2.69. The molecule has 0 aliphatic rings. The second-order valence-corrected chi connectivity index (χ2v) is 6.46. The second-order valence-electron chi connectivity index (χ2n) is 6.46. The molecule has 0 saturated carbocycles. The van der Waals surface area contributed by atoms with E-state index in [1.165, 1.54) is 12.1 Å². The van der Waals surface area contributed by atoms with Crippen molar-refractivity contribution in [2.75, 3.05) is 40.0 Å². The SMILES string of the molecule is C=CCOCC(O)CN(CCOC)Cc1cccn1Cc1ccc(F)cc1. The van der Waals surface area contributed by atoms with Gasteiger partial charge in [0, 0.05) is 45.2 Å². The maximum atomic E-state index is 13.1. The van der Waals surface area contributed by atoms with Gasteiger partial charge in [-0.3, -0.25) is 4.90 Å². The van der Waals surface area contributed by atoms with Crippen LogP contribution in [0.1, 0.15) is 11.3 Å². The first-order chi connectivity index (χ1) is 13.1. The minimum Gasteiger partial charge on any atom is -0.389 e. The minimum absolute atomic E-state index is 0.232. The number of benzene rings is 1. The number of aliphatic hydroxyl groups is 1. The lowest BCUT2D eigenvalue weighted by molar-refractivity contribution is 0.0189. The molecule has 5 nitrogen and oxygen atoms in total. The van der Waals surface area contributed by atoms with Crippen LogP contribution in [-0.4, -0.2) is 60.7 Å². The number of nitrogens with zero attached hydrogens (tertiary/aromatic N) is 2. The molecule has 2 rings (SSSR count). The molecule has 2 aromatic rings. The van der Waals surface area contributed by atoms with E-state index >= 15 is 0 Å². The van der Waals surface area contributed by atoms with Crippen molar-refractivity contribution in [2.24, 2.45) is 0 Å². The molecule has 6 heteroatoms. The number of aromatic nitrogens is 1. The van der Waals surface area contributed by atoms with Gasteiger partial charge in [0.05, 0.1) is 25.9 Å². The molecule has 148 valence electrons. The van der Waals surface area contributed by atoms with Gasteiger partial charge in [0.15, 0.2) is 0 Å². The van der Waals surface area contributed by atoms with Crippen LogP contribution in [0.4, 0.5) is 4.39 Å². The topological polar surface area (TPSA) is 46.9 Å². The molecule has 0 amide bonds. The summed E-state index contributed by atoms with van der Waals surface area (Å²) in [6, 6.07) is 10.6. The molecule has 0 radical (unpaired) electrons. The van der Waals surface area contributed by atoms with E-state index in [1.54, 1.807) is 25.3 Å². The highest BCUT2D eigenvalue weighted by molar-refractivity contribution is 5.18. The van der Waals surface area contributed by atoms with Crippen LogP contribution in [0.3, 0.4) is 0 Å². The zero-order chi connectivity index (χ0) is 19.5. The Morgan fingerprint density at radius 1 is 1.30 bits per heavy atom. The Kier molecular flexibility index (Phi) is 9.21. The Morgan fingerprint density at radius 2 is 2.07 bits per heavy atom. The average molecular weight is 376 g/mol. The van der Waals surface area contributed by atoms with Gasteiger partial charge in [0.25, 0.3) is 0 Å². The number of hydrogen-bond donors (Lipinski definition) is 1. The number of aliphatic hydroxyl groups excluding tert-OH is 1. The van der Waals surface area contributed by atoms with Gasteiger partial charge in [-0.05, 0) is 29.8 Å². The lowest BCUT2D eigenvalue weighted by atomic mass is 10.2. The molecule has 1 atom stereocenters. The van der Waals surface area contributed by atoms with E-state index in [4.69, 9.17) is 9.47 Å². The summed E-state index contributed by atoms with van der Waals surface area (Å²) in [5.41, 5.74) is 2.16. The Balaban J connectivity index is 1.98. The van der Waals surface area contributed by atoms with E-state index in [0.29, 0.717) is 39.4 Å². The van der Waals surface area contributed by atoms with Crippen LogP contribution < -0.4 is 0 Å². The van der Waals surface area contributed by atoms with E-state index in [1.807, 2.05) is 12.3 Å². The first-order valence-corrected chi connectivity index (χ1v) is 9.08. The summed E-state index contributed by atoms with van der Waals surface area (Å²) in [4.78, 5) is 2.14. The van der Waals surface area contributed by atoms with E-state index in [-0.39, 0.29) is 12.4 Å². The summed E-state index contributed by atoms with van der Waals surface area (Å²) in [6.07, 6.45) is 3.09. The smallest absolute Gasteiger partial charge is 0.123 e. The first-order valence-electron chi connectivity index (χ1n) is 9.08. The molecule has 0 fully saturated rings. The van der Waals surface area contributed by atoms with Gasteiger partial charge in [-0.15, -0.1) is 6.58 Å². The van der Waals surface area contributed by atoms with Crippen LogP contribution in [0.25, 0.3) is 0 Å². The van der Waals surface area contributed by atoms with Crippen molar-refractivity contribution >= 4 is 0 Å². The first kappa shape index (κ1) is 21.3. The molecule has 0 aliphatic carbocycles. The van der Waals surface area contributed by atoms with Crippen LogP contribution in [0.5, 0.6) is 0 Å². The monoisotopic (exact) mass is 376 g/mol. The average Bonchev–Trinajstić information content (AvgIpc) is 3.08. The van der Waals surface area contributed by atoms with Gasteiger partial charge < -0.3 is 19.1 Å². The maximum Gasteiger partial charge on any atom is 0.123 e. The van der Waals surface area contributed by atoms with E-state index in [0.717, 1.165) is 11.3 Å². The van der Waals surface area contributed by atoms with E-state index in [9.17, 15) is 9.50 Å². The highest BCUT2D eigenvalue weighted by Crippen LogP contribution is 2.12. The summed E-state index contributed by atoms with van der Waals surface area (Å²) in [7, 11) is 1.67. The van der Waals surface area contributed by atoms with E-state index in [2.05, 4.69) is 22.1 Å². The second kappa shape index (κ2) is 11.7. The summed E-state index contributed by atoms with van der Waals surface area (Å²) in [6.45, 7) is 7.42. The molecule has 27 heavy (non-hydrogen) atoms. The number of halogens is 1. The fourth-order valence-electron chi connectivity index (χ4n) is 2.86. The Bertz CT molecular complexity index is 672. The molecule has 0 aliphatic heterocycles. The van der Waals surface area contributed by atoms with Crippen LogP contribution >= 0.6 is 0 Å². The molecule has 1 heterocycles. The fraction of sp³-hybridized carbons (Fsp3) is 0.429.